The van der Waals surface area contributed by atoms with Gasteiger partial charge in [-0.1, -0.05) is 6.92 Å². The number of aromatic nitrogens is 4. The summed E-state index contributed by atoms with van der Waals surface area (Å²) in [5, 5.41) is 6.46. The van der Waals surface area contributed by atoms with E-state index in [1.54, 1.807) is 29.1 Å². The molecule has 1 aliphatic rings. The van der Waals surface area contributed by atoms with E-state index in [4.69, 9.17) is 14.5 Å². The minimum Gasteiger partial charge on any atom is -0.481 e. The van der Waals surface area contributed by atoms with Gasteiger partial charge < -0.3 is 19.7 Å². The fourth-order valence-electron chi connectivity index (χ4n) is 4.40. The summed E-state index contributed by atoms with van der Waals surface area (Å²) in [6.45, 7) is 10.4. The quantitative estimate of drug-likeness (QED) is 0.494. The monoisotopic (exact) mass is 484 g/mol. The highest BCUT2D eigenvalue weighted by Crippen LogP contribution is 2.28. The summed E-state index contributed by atoms with van der Waals surface area (Å²) in [7, 11) is 1.59. The highest BCUT2D eigenvalue weighted by Gasteiger charge is 2.35. The van der Waals surface area contributed by atoms with Crippen molar-refractivity contribution in [3.05, 3.63) is 45.5 Å². The Balaban J connectivity index is 1.72. The Bertz CT molecular complexity index is 1180. The van der Waals surface area contributed by atoms with Crippen molar-refractivity contribution in [3.8, 4) is 17.3 Å². The molecule has 0 spiro atoms. The minimum atomic E-state index is -0.0810. The summed E-state index contributed by atoms with van der Waals surface area (Å²) in [5.74, 6) is 1.16. The zero-order valence-electron chi connectivity index (χ0n) is 20.4. The van der Waals surface area contributed by atoms with Crippen molar-refractivity contribution in [1.29, 1.82) is 0 Å². The number of ether oxygens (including phenoxy) is 2. The highest BCUT2D eigenvalue weighted by molar-refractivity contribution is 7.13. The summed E-state index contributed by atoms with van der Waals surface area (Å²) in [6.07, 6.45) is 2.38. The summed E-state index contributed by atoms with van der Waals surface area (Å²) < 4.78 is 13.0. The van der Waals surface area contributed by atoms with Gasteiger partial charge in [-0.05, 0) is 33.3 Å². The number of pyridine rings is 1. The van der Waals surface area contributed by atoms with Gasteiger partial charge in [-0.25, -0.2) is 15.0 Å². The lowest BCUT2D eigenvalue weighted by molar-refractivity contribution is 0.0720. The number of hydrogen-bond acceptors (Lipinski definition) is 9. The fraction of sp³-hybridized carbons (Fsp3) is 0.500. The van der Waals surface area contributed by atoms with E-state index in [0.717, 1.165) is 28.6 Å². The molecule has 0 aliphatic carbocycles. The predicted molar refractivity (Wildman–Crippen MR) is 135 cm³/mol. The van der Waals surface area contributed by atoms with Crippen LogP contribution in [0, 0.1) is 6.92 Å². The molecule has 4 rings (SSSR count). The standard InChI is InChI=1S/C24H32N6O3S/c1-6-17-21(27-18-13-29(14-19(18)33-8-3)24-25-11-12-34-24)23(31)30(7-2)22(28-17)16-9-10-20(32-5)26-15(16)4/h9-12,18-19,27H,6-8,13-14H2,1-5H3/t18?,19-/m0/s1. The molecule has 9 nitrogen and oxygen atoms in total. The maximum absolute atomic E-state index is 13.7. The summed E-state index contributed by atoms with van der Waals surface area (Å²) in [6, 6.07) is 3.66. The topological polar surface area (TPSA) is 94.4 Å². The van der Waals surface area contributed by atoms with Crippen molar-refractivity contribution in [2.45, 2.75) is 52.8 Å². The van der Waals surface area contributed by atoms with Gasteiger partial charge in [0.2, 0.25) is 5.88 Å². The van der Waals surface area contributed by atoms with E-state index < -0.39 is 0 Å². The van der Waals surface area contributed by atoms with Crippen LogP contribution in [0.5, 0.6) is 5.88 Å². The normalized spacial score (nSPS) is 17.9. The first-order chi connectivity index (χ1) is 16.5. The van der Waals surface area contributed by atoms with E-state index in [1.807, 2.05) is 45.3 Å². The maximum Gasteiger partial charge on any atom is 0.277 e. The summed E-state index contributed by atoms with van der Waals surface area (Å²) in [5.41, 5.74) is 2.79. The predicted octanol–water partition coefficient (Wildman–Crippen LogP) is 3.37. The van der Waals surface area contributed by atoms with Crippen LogP contribution in [-0.4, -0.2) is 58.5 Å². The number of hydrogen-bond donors (Lipinski definition) is 1. The van der Waals surface area contributed by atoms with Gasteiger partial charge in [0, 0.05) is 49.4 Å². The smallest absolute Gasteiger partial charge is 0.277 e. The molecule has 0 saturated carbocycles. The molecule has 4 heterocycles. The maximum atomic E-state index is 13.7. The van der Waals surface area contributed by atoms with Crippen molar-refractivity contribution < 1.29 is 9.47 Å². The molecular weight excluding hydrogens is 452 g/mol. The molecule has 0 radical (unpaired) electrons. The van der Waals surface area contributed by atoms with E-state index >= 15 is 0 Å². The molecule has 34 heavy (non-hydrogen) atoms. The molecule has 2 atom stereocenters. The average molecular weight is 485 g/mol. The molecule has 0 amide bonds. The Hall–Kier alpha value is -2.98. The molecule has 3 aromatic heterocycles. The molecular formula is C24H32N6O3S. The number of rotatable bonds is 9. The van der Waals surface area contributed by atoms with Crippen LogP contribution in [0.1, 0.15) is 32.2 Å². The van der Waals surface area contributed by atoms with Crippen molar-refractivity contribution in [1.82, 2.24) is 19.5 Å². The van der Waals surface area contributed by atoms with Crippen LogP contribution >= 0.6 is 11.3 Å². The van der Waals surface area contributed by atoms with Crippen molar-refractivity contribution >= 4 is 22.2 Å². The van der Waals surface area contributed by atoms with Crippen LogP contribution in [0.25, 0.3) is 11.4 Å². The van der Waals surface area contributed by atoms with Gasteiger partial charge in [-0.15, -0.1) is 11.3 Å². The lowest BCUT2D eigenvalue weighted by Gasteiger charge is -2.23. The van der Waals surface area contributed by atoms with Gasteiger partial charge in [0.25, 0.3) is 5.56 Å². The van der Waals surface area contributed by atoms with Crippen molar-refractivity contribution in [3.63, 3.8) is 0 Å². The Morgan fingerprint density at radius 3 is 2.65 bits per heavy atom. The Labute approximate surface area is 203 Å². The fourth-order valence-corrected chi connectivity index (χ4v) is 5.06. The van der Waals surface area contributed by atoms with Crippen molar-refractivity contribution in [2.75, 3.05) is 37.0 Å². The molecule has 1 saturated heterocycles. The van der Waals surface area contributed by atoms with Crippen LogP contribution < -0.4 is 20.5 Å². The Morgan fingerprint density at radius 1 is 1.21 bits per heavy atom. The SMILES string of the molecule is CCO[C@H]1CN(c2nccs2)CC1Nc1c(CC)nc(-c2ccc(OC)nc2C)n(CC)c1=O. The van der Waals surface area contributed by atoms with E-state index in [9.17, 15) is 4.79 Å². The first-order valence-electron chi connectivity index (χ1n) is 11.7. The number of aryl methyl sites for hydroxylation is 2. The number of nitrogens with zero attached hydrogens (tertiary/aromatic N) is 5. The number of methoxy groups -OCH3 is 1. The molecule has 1 aliphatic heterocycles. The van der Waals surface area contributed by atoms with Crippen LogP contribution in [0.2, 0.25) is 0 Å². The van der Waals surface area contributed by atoms with Gasteiger partial charge >= 0.3 is 0 Å². The lowest BCUT2D eigenvalue weighted by Crippen LogP contribution is -2.38. The largest absolute Gasteiger partial charge is 0.481 e. The molecule has 3 aromatic rings. The molecule has 0 bridgehead atoms. The zero-order valence-corrected chi connectivity index (χ0v) is 21.2. The van der Waals surface area contributed by atoms with Gasteiger partial charge in [0.05, 0.1) is 30.6 Å². The third kappa shape index (κ3) is 4.65. The summed E-state index contributed by atoms with van der Waals surface area (Å²) >= 11 is 1.61. The van der Waals surface area contributed by atoms with Crippen LogP contribution in [-0.2, 0) is 17.7 Å². The van der Waals surface area contributed by atoms with Crippen LogP contribution in [0.4, 0.5) is 10.8 Å². The van der Waals surface area contributed by atoms with E-state index in [0.29, 0.717) is 43.5 Å². The molecule has 10 heteroatoms. The lowest BCUT2D eigenvalue weighted by atomic mass is 10.1. The van der Waals surface area contributed by atoms with E-state index in [1.165, 1.54) is 0 Å². The van der Waals surface area contributed by atoms with Gasteiger partial charge in [-0.3, -0.25) is 9.36 Å². The molecule has 1 fully saturated rings. The molecule has 1 unspecified atom stereocenters. The molecule has 0 aromatic carbocycles. The van der Waals surface area contributed by atoms with E-state index in [-0.39, 0.29) is 17.7 Å². The first kappa shape index (κ1) is 24.2. The van der Waals surface area contributed by atoms with Gasteiger partial charge in [0.1, 0.15) is 11.5 Å². The Morgan fingerprint density at radius 2 is 2.03 bits per heavy atom. The number of thiazole rings is 1. The van der Waals surface area contributed by atoms with Gasteiger partial charge in [-0.2, -0.15) is 0 Å². The minimum absolute atomic E-state index is 0.0517. The highest BCUT2D eigenvalue weighted by atomic mass is 32.1. The second kappa shape index (κ2) is 10.5. The second-order valence-corrected chi connectivity index (χ2v) is 8.98. The van der Waals surface area contributed by atoms with Gasteiger partial charge in [0.15, 0.2) is 5.13 Å². The molecule has 1 N–H and O–H groups in total. The average Bonchev–Trinajstić information content (AvgIpc) is 3.51. The van der Waals surface area contributed by atoms with Crippen LogP contribution in [0.3, 0.4) is 0 Å². The number of anilines is 2. The molecule has 182 valence electrons. The van der Waals surface area contributed by atoms with Crippen LogP contribution in [0.15, 0.2) is 28.5 Å². The third-order valence-electron chi connectivity index (χ3n) is 6.07. The Kier molecular flexibility index (Phi) is 7.47. The zero-order chi connectivity index (χ0) is 24.2. The van der Waals surface area contributed by atoms with Crippen molar-refractivity contribution in [2.24, 2.45) is 0 Å². The summed E-state index contributed by atoms with van der Waals surface area (Å²) in [4.78, 5) is 29.8. The first-order valence-corrected chi connectivity index (χ1v) is 12.6. The van der Waals surface area contributed by atoms with E-state index in [2.05, 4.69) is 20.2 Å². The third-order valence-corrected chi connectivity index (χ3v) is 6.90. The second-order valence-electron chi connectivity index (χ2n) is 8.11. The number of nitrogens with one attached hydrogen (secondary N) is 1.